The summed E-state index contributed by atoms with van der Waals surface area (Å²) >= 11 is 1.53. The summed E-state index contributed by atoms with van der Waals surface area (Å²) in [6, 6.07) is 45.0. The van der Waals surface area contributed by atoms with E-state index in [4.69, 9.17) is 45.9 Å². The Morgan fingerprint density at radius 2 is 1.10 bits per heavy atom. The molecule has 1 atom stereocenters. The fraction of sp³-hybridized carbons (Fsp3) is 0.423. The Labute approximate surface area is 780 Å². The normalized spacial score (nSPS) is 15.3. The molecular weight excluding hydrogens is 1700 g/mol. The van der Waals surface area contributed by atoms with Gasteiger partial charge in [0.05, 0.1) is 35.2 Å². The van der Waals surface area contributed by atoms with Crippen molar-refractivity contribution in [3.63, 3.8) is 0 Å². The highest BCUT2D eigenvalue weighted by Gasteiger charge is 2.31. The Hall–Kier alpha value is -13.5. The number of nitrogens with one attached hydrogen (secondary N) is 8. The maximum Gasteiger partial charge on any atom is 0.251 e. The molecule has 3 aliphatic heterocycles. The van der Waals surface area contributed by atoms with Crippen molar-refractivity contribution in [1.82, 2.24) is 95.6 Å². The quantitative estimate of drug-likeness (QED) is 0.0135. The highest BCUT2D eigenvalue weighted by molar-refractivity contribution is 7.99. The average Bonchev–Trinajstić information content (AvgIpc) is 0.872. The molecule has 35 nitrogen and oxygen atoms in total. The van der Waals surface area contributed by atoms with E-state index in [1.807, 2.05) is 92.7 Å². The Kier molecular flexibility index (Phi) is 32.4. The van der Waals surface area contributed by atoms with E-state index in [9.17, 15) is 19.2 Å². The molecule has 0 radical (unpaired) electrons. The fourth-order valence-electron chi connectivity index (χ4n) is 15.4. The van der Waals surface area contributed by atoms with Gasteiger partial charge in [-0.3, -0.25) is 44.4 Å². The highest BCUT2D eigenvalue weighted by Crippen LogP contribution is 2.40. The number of piperazine rings is 3. The lowest BCUT2D eigenvalue weighted by Crippen LogP contribution is -2.49. The number of hydrogen-bond donors (Lipinski definition) is 10. The zero-order chi connectivity index (χ0) is 93.8. The number of aromatic nitrogens is 15. The van der Waals surface area contributed by atoms with Gasteiger partial charge in [0.25, 0.3) is 5.91 Å². The maximum absolute atomic E-state index is 12.7. The molecule has 3 saturated heterocycles. The first-order valence-corrected chi connectivity index (χ1v) is 46.8. The summed E-state index contributed by atoms with van der Waals surface area (Å²) in [6.07, 6.45) is 9.61. The fourth-order valence-corrected chi connectivity index (χ4v) is 16.1. The van der Waals surface area contributed by atoms with E-state index in [-0.39, 0.29) is 42.1 Å². The van der Waals surface area contributed by atoms with Gasteiger partial charge in [-0.25, -0.2) is 24.9 Å². The minimum atomic E-state index is -0.713. The number of H-pyrrole nitrogens is 3. The molecule has 5 fully saturated rings. The molecule has 2 saturated carbocycles. The van der Waals surface area contributed by atoms with Crippen LogP contribution in [0.15, 0.2) is 164 Å². The number of aromatic amines is 3. The molecule has 0 bridgehead atoms. The average molecular weight is 1820 g/mol. The van der Waals surface area contributed by atoms with Gasteiger partial charge >= 0.3 is 0 Å². The van der Waals surface area contributed by atoms with E-state index in [1.165, 1.54) is 37.2 Å². The maximum atomic E-state index is 12.7. The number of benzene rings is 4. The van der Waals surface area contributed by atoms with Crippen LogP contribution in [0.5, 0.6) is 0 Å². The van der Waals surface area contributed by atoms with Gasteiger partial charge in [-0.15, -0.1) is 0 Å². The number of nitrogens with zero attached hydrogens (tertiary/aromatic N) is 20. The van der Waals surface area contributed by atoms with Crippen LogP contribution in [0.1, 0.15) is 182 Å². The van der Waals surface area contributed by atoms with Gasteiger partial charge in [0.1, 0.15) is 52.3 Å². The van der Waals surface area contributed by atoms with Gasteiger partial charge in [-0.05, 0) is 184 Å². The Morgan fingerprint density at radius 1 is 0.549 bits per heavy atom. The second-order valence-corrected chi connectivity index (χ2v) is 36.8. The lowest BCUT2D eigenvalue weighted by Gasteiger charge is -2.37. The number of nitrogens with two attached hydrogens (primary N) is 2. The summed E-state index contributed by atoms with van der Waals surface area (Å²) in [5, 5.41) is 52.0. The SMILES string of the molecule is CC(=O)CC[C@H](NC(=O)c1ccc(N=Nc2ccc3nc(N)nc(N)c3c2)cc1)C(=O)C(C)C.CC(C)c1cc(CNc2nc(Nc3cc(C4CC4)[nH]n3)cc(N3CCN(C(C)C)CC3)n2)on1.Cc1cc(Nc2cc(N3CCN(C(C)C)CC3)nc(/C=C/c3ccccc3)n2)n[nH]1.Cc1cc(Nc2cc(N3CCN(C(C)C)CC3)nc(Sc3ccc(CC(=O)C4CC4)cc3)n2)n[nH]1. The van der Waals surface area contributed by atoms with Crippen molar-refractivity contribution >= 4 is 140 Å². The van der Waals surface area contributed by atoms with Gasteiger partial charge in [-0.1, -0.05) is 81.4 Å². The van der Waals surface area contributed by atoms with Crippen LogP contribution in [0.4, 0.5) is 81.5 Å². The van der Waals surface area contributed by atoms with Crippen LogP contribution in [0, 0.1) is 25.7 Å². The molecule has 36 heteroatoms. The number of amides is 1. The van der Waals surface area contributed by atoms with Gasteiger partial charge in [0.2, 0.25) is 11.9 Å². The van der Waals surface area contributed by atoms with Crippen molar-refractivity contribution in [2.75, 3.05) is 126 Å². The molecule has 0 unspecified atom stereocenters. The monoisotopic (exact) mass is 1820 g/mol. The standard InChI is InChI=1S/C26H33N7OS.C24H35N9O.C24H27N7O3.C23H29N7/c1-17(2)32-10-12-33(13-11-32)25-16-23(27-24-14-18(3)30-31-24)28-26(29-25)35-21-8-4-19(5-9-21)15-22(34)20-6-7-20;1-15(2)19-11-18(34-31-19)14-25-24-27-21(26-22-12-20(29-30-22)17-5-6-17)13-23(28-24)33-9-7-32(8-10-33)16(3)4;1-13(2)21(33)20(10-4-14(3)32)27-23(34)15-5-7-16(8-6-15)30-31-17-9-11-19-18(12-17)22(25)29-24(26)28-19;1-17(2)29-11-13-30(14-12-29)23-16-21(25-22-15-18(3)27-28-22)24-20(26-23)10-9-19-7-5-4-6-8-19/h4-5,8-9,14,16-17,20H,6-7,10-13,15H2,1-3H3,(H2,27,28,29,30,31);11-13,15-17H,5-10,14H2,1-4H3,(H3,25,26,27,28,29,30);5-9,11-13,20H,4,10H2,1-3H3,(H,27,34)(H4,25,26,28,29);4-10,15-17H,11-14H2,1-3H3,(H2,24,25,26,27,28)/b;;;10-9+/t;;20-;/m..0./s1. The summed E-state index contributed by atoms with van der Waals surface area (Å²) in [7, 11) is 0. The van der Waals surface area contributed by atoms with E-state index in [0.29, 0.717) is 105 Å². The molecule has 12 N–H and O–H groups in total. The number of carbonyl (C=O) groups excluding carboxylic acids is 4. The first kappa shape index (κ1) is 95.6. The van der Waals surface area contributed by atoms with Crippen molar-refractivity contribution in [2.24, 2.45) is 22.1 Å². The van der Waals surface area contributed by atoms with E-state index < -0.39 is 11.9 Å². The van der Waals surface area contributed by atoms with Crippen molar-refractivity contribution in [3.8, 4) is 0 Å². The predicted molar refractivity (Wildman–Crippen MR) is 525 cm³/mol. The van der Waals surface area contributed by atoms with Crippen LogP contribution in [0.2, 0.25) is 0 Å². The topological polar surface area (TPSA) is 440 Å². The molecule has 12 aromatic rings. The second-order valence-electron chi connectivity index (χ2n) is 35.8. The van der Waals surface area contributed by atoms with E-state index in [1.54, 1.807) is 56.3 Å². The molecule has 133 heavy (non-hydrogen) atoms. The van der Waals surface area contributed by atoms with E-state index in [0.717, 1.165) is 177 Å². The summed E-state index contributed by atoms with van der Waals surface area (Å²) in [4.78, 5) is 101. The van der Waals surface area contributed by atoms with Crippen LogP contribution >= 0.6 is 11.8 Å². The Morgan fingerprint density at radius 3 is 1.64 bits per heavy atom. The number of azo groups is 1. The molecule has 8 aromatic heterocycles. The molecule has 2 aliphatic carbocycles. The van der Waals surface area contributed by atoms with E-state index in [2.05, 4.69) is 198 Å². The Bertz CT molecular complexity index is 5940. The van der Waals surface area contributed by atoms with Crippen molar-refractivity contribution in [3.05, 3.63) is 191 Å². The molecule has 5 aliphatic rings. The van der Waals surface area contributed by atoms with Crippen LogP contribution in [-0.2, 0) is 27.3 Å². The predicted octanol–water partition coefficient (Wildman–Crippen LogP) is 16.4. The molecule has 1 amide bonds. The van der Waals surface area contributed by atoms with Gasteiger partial charge in [0, 0.05) is 203 Å². The van der Waals surface area contributed by atoms with Crippen LogP contribution in [-0.4, -0.2) is 216 Å². The third kappa shape index (κ3) is 28.1. The largest absolute Gasteiger partial charge is 0.383 e. The summed E-state index contributed by atoms with van der Waals surface area (Å²) in [6.45, 7) is 38.9. The molecule has 0 spiro atoms. The number of anilines is 12. The zero-order valence-electron chi connectivity index (χ0n) is 78.2. The lowest BCUT2D eigenvalue weighted by atomic mass is 9.96. The molecule has 4 aromatic carbocycles. The van der Waals surface area contributed by atoms with Crippen LogP contribution in [0.3, 0.4) is 0 Å². The number of rotatable bonds is 33. The lowest BCUT2D eigenvalue weighted by molar-refractivity contribution is -0.124. The van der Waals surface area contributed by atoms with Gasteiger partial charge in [-0.2, -0.15) is 40.5 Å². The van der Waals surface area contributed by atoms with Crippen LogP contribution in [0.25, 0.3) is 23.1 Å². The summed E-state index contributed by atoms with van der Waals surface area (Å²) in [5.41, 5.74) is 19.9. The highest BCUT2D eigenvalue weighted by atomic mass is 32.2. The minimum absolute atomic E-state index is 0.0312. The molecular formula is C97H124N30O5S. The van der Waals surface area contributed by atoms with Gasteiger partial charge in [0.15, 0.2) is 40.0 Å². The minimum Gasteiger partial charge on any atom is -0.383 e. The van der Waals surface area contributed by atoms with Crippen LogP contribution < -0.4 is 52.8 Å². The smallest absolute Gasteiger partial charge is 0.251 e. The first-order chi connectivity index (χ1) is 64.1. The molecule has 11 heterocycles. The third-order valence-corrected chi connectivity index (χ3v) is 24.4. The van der Waals surface area contributed by atoms with E-state index >= 15 is 0 Å². The molecule has 698 valence electrons. The Balaban J connectivity index is 0.000000143. The summed E-state index contributed by atoms with van der Waals surface area (Å²) in [5.74, 6) is 10.4. The van der Waals surface area contributed by atoms with Gasteiger partial charge < -0.3 is 62.1 Å². The molecule has 17 rings (SSSR count). The zero-order valence-corrected chi connectivity index (χ0v) is 79.1. The number of hydrogen-bond acceptors (Lipinski definition) is 32. The number of ketones is 3. The number of Topliss-reactive ketones (excluding diaryl/α,β-unsaturated/α-hetero) is 3. The number of carbonyl (C=O) groups is 4. The van der Waals surface area contributed by atoms with Crippen molar-refractivity contribution < 1.29 is 23.7 Å². The number of aryl methyl sites for hydroxylation is 2. The summed E-state index contributed by atoms with van der Waals surface area (Å²) < 4.78 is 5.47. The first-order valence-electron chi connectivity index (χ1n) is 46.0. The van der Waals surface area contributed by atoms with Crippen molar-refractivity contribution in [2.45, 2.75) is 188 Å². The second kappa shape index (κ2) is 45.1. The number of fused-ring (bicyclic) bond motifs is 1. The van der Waals surface area contributed by atoms with Crippen molar-refractivity contribution in [1.29, 1.82) is 0 Å². The third-order valence-electron chi connectivity index (χ3n) is 23.5. The number of nitrogen functional groups attached to an aromatic ring is 2.